The van der Waals surface area contributed by atoms with Gasteiger partial charge in [-0.25, -0.2) is 0 Å². The van der Waals surface area contributed by atoms with E-state index in [0.29, 0.717) is 0 Å². The zero-order valence-corrected chi connectivity index (χ0v) is 9.53. The molecule has 1 amide bonds. The summed E-state index contributed by atoms with van der Waals surface area (Å²) in [4.78, 5) is 24.2. The van der Waals surface area contributed by atoms with Crippen LogP contribution < -0.4 is 0 Å². The number of hydrogen-bond donors (Lipinski definition) is 0. The lowest BCUT2D eigenvalue weighted by Gasteiger charge is -2.30. The third kappa shape index (κ3) is 3.77. The first-order valence-corrected chi connectivity index (χ1v) is 4.78. The molecule has 0 N–H and O–H groups in total. The second kappa shape index (κ2) is 5.62. The molecule has 0 aliphatic carbocycles. The van der Waals surface area contributed by atoms with Gasteiger partial charge in [0.05, 0.1) is 7.11 Å². The van der Waals surface area contributed by atoms with Crippen molar-refractivity contribution in [3.8, 4) is 0 Å². The molecule has 0 atom stereocenters. The number of amides is 1. The van der Waals surface area contributed by atoms with Gasteiger partial charge in [-0.1, -0.05) is 0 Å². The van der Waals surface area contributed by atoms with E-state index in [1.54, 1.807) is 4.90 Å². The van der Waals surface area contributed by atoms with Crippen LogP contribution in [0.25, 0.3) is 0 Å². The van der Waals surface area contributed by atoms with Gasteiger partial charge in [-0.3, -0.25) is 9.59 Å². The van der Waals surface area contributed by atoms with E-state index in [2.05, 4.69) is 4.74 Å². The molecule has 0 fully saturated rings. The van der Waals surface area contributed by atoms with Crippen LogP contribution in [0.3, 0.4) is 0 Å². The molecule has 0 aliphatic rings. The van der Waals surface area contributed by atoms with Crippen LogP contribution in [-0.2, 0) is 14.3 Å². The van der Waals surface area contributed by atoms with Crippen LogP contribution in [0.5, 0.6) is 0 Å². The van der Waals surface area contributed by atoms with Crippen molar-refractivity contribution in [2.75, 3.05) is 7.11 Å². The van der Waals surface area contributed by atoms with Crippen LogP contribution in [0.15, 0.2) is 0 Å². The monoisotopic (exact) mass is 201 g/mol. The summed E-state index contributed by atoms with van der Waals surface area (Å²) in [5.74, 6) is -0.664. The minimum absolute atomic E-state index is 0.104. The Bertz CT molecular complexity index is 203. The minimum Gasteiger partial charge on any atom is -0.469 e. The van der Waals surface area contributed by atoms with Crippen LogP contribution in [-0.4, -0.2) is 36.0 Å². The molecule has 0 aromatic rings. The van der Waals surface area contributed by atoms with Gasteiger partial charge in [-0.2, -0.15) is 0 Å². The molecular weight excluding hydrogens is 182 g/mol. The van der Waals surface area contributed by atoms with Crippen LogP contribution in [0.4, 0.5) is 0 Å². The molecular formula is C10H19NO3. The summed E-state index contributed by atoms with van der Waals surface area (Å²) in [5.41, 5.74) is 0. The number of esters is 1. The summed E-state index contributed by atoms with van der Waals surface area (Å²) in [6.07, 6.45) is -0.174. The van der Waals surface area contributed by atoms with Gasteiger partial charge in [0.25, 0.3) is 0 Å². The maximum atomic E-state index is 11.6. The second-order valence-electron chi connectivity index (χ2n) is 3.74. The Kier molecular flexibility index (Phi) is 5.20. The van der Waals surface area contributed by atoms with Gasteiger partial charge in [0.2, 0.25) is 5.91 Å². The highest BCUT2D eigenvalue weighted by molar-refractivity contribution is 5.94. The van der Waals surface area contributed by atoms with E-state index in [4.69, 9.17) is 0 Å². The Balaban J connectivity index is 4.38. The Morgan fingerprint density at radius 3 is 1.86 bits per heavy atom. The Labute approximate surface area is 85.2 Å². The molecule has 82 valence electrons. The fourth-order valence-electron chi connectivity index (χ4n) is 1.46. The average Bonchev–Trinajstić information content (AvgIpc) is 2.02. The SMILES string of the molecule is COC(=O)CC(=O)N(C(C)C)C(C)C. The molecule has 0 aromatic carbocycles. The van der Waals surface area contributed by atoms with Gasteiger partial charge >= 0.3 is 5.97 Å². The lowest BCUT2D eigenvalue weighted by atomic mass is 10.2. The molecule has 0 heterocycles. The Hall–Kier alpha value is -1.06. The summed E-state index contributed by atoms with van der Waals surface area (Å²) in [7, 11) is 1.28. The highest BCUT2D eigenvalue weighted by Gasteiger charge is 2.22. The molecule has 0 radical (unpaired) electrons. The molecule has 0 aliphatic heterocycles. The lowest BCUT2D eigenvalue weighted by Crippen LogP contribution is -2.42. The van der Waals surface area contributed by atoms with E-state index < -0.39 is 5.97 Å². The quantitative estimate of drug-likeness (QED) is 0.507. The van der Waals surface area contributed by atoms with Crippen LogP contribution in [0.2, 0.25) is 0 Å². The summed E-state index contributed by atoms with van der Waals surface area (Å²) in [6.45, 7) is 7.70. The summed E-state index contributed by atoms with van der Waals surface area (Å²) < 4.78 is 4.44. The van der Waals surface area contributed by atoms with Crippen molar-refractivity contribution < 1.29 is 14.3 Å². The normalized spacial score (nSPS) is 10.5. The summed E-state index contributed by atoms with van der Waals surface area (Å²) >= 11 is 0. The third-order valence-electron chi connectivity index (χ3n) is 1.92. The van der Waals surface area contributed by atoms with Gasteiger partial charge < -0.3 is 9.64 Å². The number of carbonyl (C=O) groups excluding carboxylic acids is 2. The van der Waals surface area contributed by atoms with E-state index in [9.17, 15) is 9.59 Å². The number of rotatable bonds is 4. The molecule has 0 spiro atoms. The summed E-state index contributed by atoms with van der Waals surface area (Å²) in [5, 5.41) is 0. The van der Waals surface area contributed by atoms with Crippen molar-refractivity contribution in [2.45, 2.75) is 46.2 Å². The first kappa shape index (κ1) is 12.9. The first-order valence-electron chi connectivity index (χ1n) is 4.78. The number of nitrogens with zero attached hydrogens (tertiary/aromatic N) is 1. The van der Waals surface area contributed by atoms with Crippen molar-refractivity contribution in [3.63, 3.8) is 0 Å². The largest absolute Gasteiger partial charge is 0.469 e. The third-order valence-corrected chi connectivity index (χ3v) is 1.92. The zero-order chi connectivity index (χ0) is 11.3. The minimum atomic E-state index is -0.485. The molecule has 0 bridgehead atoms. The van der Waals surface area contributed by atoms with Crippen molar-refractivity contribution in [3.05, 3.63) is 0 Å². The Morgan fingerprint density at radius 1 is 1.14 bits per heavy atom. The highest BCUT2D eigenvalue weighted by atomic mass is 16.5. The number of carbonyl (C=O) groups is 2. The lowest BCUT2D eigenvalue weighted by molar-refractivity contribution is -0.148. The van der Waals surface area contributed by atoms with Crippen molar-refractivity contribution in [1.29, 1.82) is 0 Å². The number of hydrogen-bond acceptors (Lipinski definition) is 3. The predicted molar refractivity (Wildman–Crippen MR) is 53.8 cm³/mol. The van der Waals surface area contributed by atoms with Gasteiger partial charge in [0, 0.05) is 12.1 Å². The second-order valence-corrected chi connectivity index (χ2v) is 3.74. The summed E-state index contributed by atoms with van der Waals surface area (Å²) in [6, 6.07) is 0.208. The first-order chi connectivity index (χ1) is 6.40. The maximum Gasteiger partial charge on any atom is 0.315 e. The topological polar surface area (TPSA) is 46.6 Å². The molecule has 0 aromatic heterocycles. The van der Waals surface area contributed by atoms with Crippen molar-refractivity contribution in [1.82, 2.24) is 4.90 Å². The zero-order valence-electron chi connectivity index (χ0n) is 9.53. The van der Waals surface area contributed by atoms with E-state index in [-0.39, 0.29) is 24.4 Å². The van der Waals surface area contributed by atoms with Crippen LogP contribution in [0.1, 0.15) is 34.1 Å². The van der Waals surface area contributed by atoms with Gasteiger partial charge in [0.1, 0.15) is 6.42 Å². The molecule has 0 saturated carbocycles. The van der Waals surface area contributed by atoms with E-state index in [0.717, 1.165) is 0 Å². The van der Waals surface area contributed by atoms with Crippen LogP contribution in [0, 0.1) is 0 Å². The van der Waals surface area contributed by atoms with Crippen molar-refractivity contribution >= 4 is 11.9 Å². The molecule has 4 nitrogen and oxygen atoms in total. The standard InChI is InChI=1S/C10H19NO3/c1-7(2)11(8(3)4)9(12)6-10(13)14-5/h7-8H,6H2,1-5H3. The molecule has 0 saturated heterocycles. The molecule has 0 unspecified atom stereocenters. The van der Waals surface area contributed by atoms with E-state index >= 15 is 0 Å². The molecule has 14 heavy (non-hydrogen) atoms. The fraction of sp³-hybridized carbons (Fsp3) is 0.800. The van der Waals surface area contributed by atoms with Gasteiger partial charge in [-0.15, -0.1) is 0 Å². The maximum absolute atomic E-state index is 11.6. The fourth-order valence-corrected chi connectivity index (χ4v) is 1.46. The molecule has 0 rings (SSSR count). The van der Waals surface area contributed by atoms with Gasteiger partial charge in [-0.05, 0) is 27.7 Å². The van der Waals surface area contributed by atoms with E-state index in [1.807, 2.05) is 27.7 Å². The average molecular weight is 201 g/mol. The molecule has 4 heteroatoms. The predicted octanol–water partition coefficient (Wildman–Crippen LogP) is 1.19. The Morgan fingerprint density at radius 2 is 1.57 bits per heavy atom. The smallest absolute Gasteiger partial charge is 0.315 e. The van der Waals surface area contributed by atoms with Crippen molar-refractivity contribution in [2.24, 2.45) is 0 Å². The number of methoxy groups -OCH3 is 1. The number of ether oxygens (including phenoxy) is 1. The van der Waals surface area contributed by atoms with E-state index in [1.165, 1.54) is 7.11 Å². The van der Waals surface area contributed by atoms with Gasteiger partial charge in [0.15, 0.2) is 0 Å². The van der Waals surface area contributed by atoms with Crippen LogP contribution >= 0.6 is 0 Å². The highest BCUT2D eigenvalue weighted by Crippen LogP contribution is 2.07.